The third kappa shape index (κ3) is 3.06. The van der Waals surface area contributed by atoms with Gasteiger partial charge in [-0.25, -0.2) is 0 Å². The van der Waals surface area contributed by atoms with Crippen LogP contribution in [-0.4, -0.2) is 19.3 Å². The predicted molar refractivity (Wildman–Crippen MR) is 78.1 cm³/mol. The summed E-state index contributed by atoms with van der Waals surface area (Å²) in [6.45, 7) is 1.76. The van der Waals surface area contributed by atoms with Crippen LogP contribution in [0.2, 0.25) is 0 Å². The van der Waals surface area contributed by atoms with Gasteiger partial charge in [0.05, 0.1) is 13.2 Å². The maximum Gasteiger partial charge on any atom is 0.120 e. The summed E-state index contributed by atoms with van der Waals surface area (Å²) < 4.78 is 5.23. The van der Waals surface area contributed by atoms with Crippen LogP contribution in [0.5, 0.6) is 5.75 Å². The van der Waals surface area contributed by atoms with E-state index in [9.17, 15) is 5.11 Å². The van der Waals surface area contributed by atoms with Crippen LogP contribution in [0.1, 0.15) is 18.6 Å². The number of benzene rings is 2. The van der Waals surface area contributed by atoms with E-state index in [0.717, 1.165) is 22.7 Å². The third-order valence-electron chi connectivity index (χ3n) is 3.20. The van der Waals surface area contributed by atoms with Gasteiger partial charge in [0.15, 0.2) is 0 Å². The zero-order chi connectivity index (χ0) is 13.8. The number of nitrogens with zero attached hydrogens (tertiary/aromatic N) is 1. The lowest BCUT2D eigenvalue weighted by molar-refractivity contribution is 0.199. The minimum absolute atomic E-state index is 0.434. The molecule has 19 heavy (non-hydrogen) atoms. The first-order chi connectivity index (χ1) is 9.11. The van der Waals surface area contributed by atoms with E-state index in [-0.39, 0.29) is 0 Å². The first-order valence-electron chi connectivity index (χ1n) is 6.27. The molecule has 0 aliphatic rings. The molecule has 0 aromatic heterocycles. The minimum atomic E-state index is -0.434. The van der Waals surface area contributed by atoms with Crippen LogP contribution in [0.3, 0.4) is 0 Å². The Balaban J connectivity index is 2.25. The van der Waals surface area contributed by atoms with Crippen LogP contribution < -0.4 is 9.64 Å². The highest BCUT2D eigenvalue weighted by Crippen LogP contribution is 2.27. The van der Waals surface area contributed by atoms with Crippen LogP contribution in [-0.2, 0) is 0 Å². The van der Waals surface area contributed by atoms with Crippen LogP contribution in [0.25, 0.3) is 0 Å². The highest BCUT2D eigenvalue weighted by atomic mass is 16.5. The van der Waals surface area contributed by atoms with Gasteiger partial charge < -0.3 is 14.7 Å². The van der Waals surface area contributed by atoms with Crippen molar-refractivity contribution in [1.82, 2.24) is 0 Å². The van der Waals surface area contributed by atoms with Crippen molar-refractivity contribution in [2.24, 2.45) is 0 Å². The first kappa shape index (κ1) is 13.4. The molecule has 1 N–H and O–H groups in total. The Morgan fingerprint density at radius 1 is 1.05 bits per heavy atom. The Morgan fingerprint density at radius 3 is 2.32 bits per heavy atom. The van der Waals surface area contributed by atoms with Gasteiger partial charge in [0.25, 0.3) is 0 Å². The largest absolute Gasteiger partial charge is 0.497 e. The predicted octanol–water partition coefficient (Wildman–Crippen LogP) is 3.52. The Hall–Kier alpha value is -2.00. The number of anilines is 2. The highest BCUT2D eigenvalue weighted by molar-refractivity contribution is 5.64. The quantitative estimate of drug-likeness (QED) is 0.909. The van der Waals surface area contributed by atoms with Crippen molar-refractivity contribution in [2.75, 3.05) is 19.1 Å². The average molecular weight is 257 g/mol. The number of methoxy groups -OCH3 is 1. The third-order valence-corrected chi connectivity index (χ3v) is 3.20. The molecule has 0 bridgehead atoms. The second-order valence-corrected chi connectivity index (χ2v) is 4.53. The van der Waals surface area contributed by atoms with Crippen molar-refractivity contribution in [3.05, 3.63) is 54.1 Å². The molecule has 0 fully saturated rings. The number of hydrogen-bond acceptors (Lipinski definition) is 3. The Bertz CT molecular complexity index is 535. The molecule has 2 aromatic carbocycles. The lowest BCUT2D eigenvalue weighted by Gasteiger charge is -2.20. The highest BCUT2D eigenvalue weighted by Gasteiger charge is 2.06. The van der Waals surface area contributed by atoms with Gasteiger partial charge in [-0.3, -0.25) is 0 Å². The van der Waals surface area contributed by atoms with E-state index in [1.165, 1.54) is 0 Å². The fraction of sp³-hybridized carbons (Fsp3) is 0.250. The molecule has 0 radical (unpaired) electrons. The van der Waals surface area contributed by atoms with E-state index in [0.29, 0.717) is 0 Å². The molecule has 0 amide bonds. The van der Waals surface area contributed by atoms with E-state index < -0.39 is 6.10 Å². The molecule has 0 unspecified atom stereocenters. The zero-order valence-electron chi connectivity index (χ0n) is 11.5. The van der Waals surface area contributed by atoms with Crippen molar-refractivity contribution in [3.8, 4) is 5.75 Å². The molecule has 0 heterocycles. The Labute approximate surface area is 114 Å². The van der Waals surface area contributed by atoms with Crippen LogP contribution in [0.15, 0.2) is 48.5 Å². The standard InChI is InChI=1S/C16H19NO2/c1-12(18)13-7-9-14(10-8-13)17(2)15-5-4-6-16(11-15)19-3/h4-12,18H,1-3H3/t12-/m1/s1. The topological polar surface area (TPSA) is 32.7 Å². The van der Waals surface area contributed by atoms with Crippen molar-refractivity contribution >= 4 is 11.4 Å². The van der Waals surface area contributed by atoms with Gasteiger partial charge in [-0.05, 0) is 36.8 Å². The van der Waals surface area contributed by atoms with Gasteiger partial charge in [0.1, 0.15) is 5.75 Å². The van der Waals surface area contributed by atoms with Gasteiger partial charge in [-0.2, -0.15) is 0 Å². The first-order valence-corrected chi connectivity index (χ1v) is 6.27. The molecule has 0 saturated heterocycles. The smallest absolute Gasteiger partial charge is 0.120 e. The molecule has 2 aromatic rings. The fourth-order valence-corrected chi connectivity index (χ4v) is 1.94. The summed E-state index contributed by atoms with van der Waals surface area (Å²) in [7, 11) is 3.67. The molecule has 100 valence electrons. The number of hydrogen-bond donors (Lipinski definition) is 1. The Kier molecular flexibility index (Phi) is 4.07. The molecule has 3 heteroatoms. The molecular weight excluding hydrogens is 238 g/mol. The number of aliphatic hydroxyl groups excluding tert-OH is 1. The molecule has 0 aliphatic carbocycles. The van der Waals surface area contributed by atoms with Crippen LogP contribution in [0.4, 0.5) is 11.4 Å². The summed E-state index contributed by atoms with van der Waals surface area (Å²) in [5.74, 6) is 0.838. The second-order valence-electron chi connectivity index (χ2n) is 4.53. The summed E-state index contributed by atoms with van der Waals surface area (Å²) in [4.78, 5) is 2.08. The van der Waals surface area contributed by atoms with Gasteiger partial charge >= 0.3 is 0 Å². The lowest BCUT2D eigenvalue weighted by Crippen LogP contribution is -2.09. The van der Waals surface area contributed by atoms with E-state index in [1.54, 1.807) is 14.0 Å². The average Bonchev–Trinajstić information content (AvgIpc) is 2.46. The van der Waals surface area contributed by atoms with Crippen molar-refractivity contribution in [3.63, 3.8) is 0 Å². The molecule has 0 aliphatic heterocycles. The lowest BCUT2D eigenvalue weighted by atomic mass is 10.1. The van der Waals surface area contributed by atoms with E-state index in [4.69, 9.17) is 4.74 Å². The second kappa shape index (κ2) is 5.76. The summed E-state index contributed by atoms with van der Waals surface area (Å²) in [6.07, 6.45) is -0.434. The van der Waals surface area contributed by atoms with Crippen molar-refractivity contribution in [2.45, 2.75) is 13.0 Å². The van der Waals surface area contributed by atoms with Gasteiger partial charge in [-0.15, -0.1) is 0 Å². The van der Waals surface area contributed by atoms with Gasteiger partial charge in [0.2, 0.25) is 0 Å². The summed E-state index contributed by atoms with van der Waals surface area (Å²) in [5, 5.41) is 9.51. The molecule has 0 saturated carbocycles. The van der Waals surface area contributed by atoms with Crippen LogP contribution >= 0.6 is 0 Å². The summed E-state index contributed by atoms with van der Waals surface area (Å²) in [5.41, 5.74) is 3.05. The van der Waals surface area contributed by atoms with Gasteiger partial charge in [0, 0.05) is 24.5 Å². The zero-order valence-corrected chi connectivity index (χ0v) is 11.5. The number of aliphatic hydroxyl groups is 1. The molecule has 2 rings (SSSR count). The Morgan fingerprint density at radius 2 is 1.74 bits per heavy atom. The summed E-state index contributed by atoms with van der Waals surface area (Å²) in [6, 6.07) is 15.8. The molecule has 1 atom stereocenters. The molecule has 3 nitrogen and oxygen atoms in total. The number of rotatable bonds is 4. The van der Waals surface area contributed by atoms with E-state index in [1.807, 2.05) is 55.6 Å². The fourth-order valence-electron chi connectivity index (χ4n) is 1.94. The van der Waals surface area contributed by atoms with Gasteiger partial charge in [-0.1, -0.05) is 18.2 Å². The monoisotopic (exact) mass is 257 g/mol. The maximum atomic E-state index is 9.51. The van der Waals surface area contributed by atoms with Crippen molar-refractivity contribution < 1.29 is 9.84 Å². The summed E-state index contributed by atoms with van der Waals surface area (Å²) >= 11 is 0. The van der Waals surface area contributed by atoms with Crippen molar-refractivity contribution in [1.29, 1.82) is 0 Å². The minimum Gasteiger partial charge on any atom is -0.497 e. The maximum absolute atomic E-state index is 9.51. The van der Waals surface area contributed by atoms with Crippen LogP contribution in [0, 0.1) is 0 Å². The number of ether oxygens (including phenoxy) is 1. The normalized spacial score (nSPS) is 12.0. The molecule has 0 spiro atoms. The molecular formula is C16H19NO2. The van der Waals surface area contributed by atoms with E-state index in [2.05, 4.69) is 4.90 Å². The van der Waals surface area contributed by atoms with E-state index >= 15 is 0 Å². The SMILES string of the molecule is COc1cccc(N(C)c2ccc([C@@H](C)O)cc2)c1.